The molecular formula is C15H18O4. The second-order valence-corrected chi connectivity index (χ2v) is 5.61. The largest absolute Gasteiger partial charge is 0.475 e. The number of carbonyl (C=O) groups is 1. The van der Waals surface area contributed by atoms with Gasteiger partial charge < -0.3 is 14.3 Å². The predicted molar refractivity (Wildman–Crippen MR) is 72.6 cm³/mol. The zero-order chi connectivity index (χ0) is 14.2. The molecule has 0 fully saturated rings. The summed E-state index contributed by atoms with van der Waals surface area (Å²) < 4.78 is 10.5. The van der Waals surface area contributed by atoms with E-state index in [1.807, 2.05) is 18.2 Å². The molecule has 0 saturated heterocycles. The van der Waals surface area contributed by atoms with Crippen LogP contribution in [0.25, 0.3) is 11.0 Å². The average molecular weight is 262 g/mol. The van der Waals surface area contributed by atoms with Gasteiger partial charge in [-0.15, -0.1) is 0 Å². The van der Waals surface area contributed by atoms with E-state index in [4.69, 9.17) is 9.15 Å². The second kappa shape index (κ2) is 4.70. The van der Waals surface area contributed by atoms with Crippen molar-refractivity contribution in [2.75, 3.05) is 7.11 Å². The fraction of sp³-hybridized carbons (Fsp3) is 0.400. The van der Waals surface area contributed by atoms with Crippen LogP contribution < -0.4 is 0 Å². The number of ether oxygens (including phenoxy) is 1. The van der Waals surface area contributed by atoms with E-state index in [-0.39, 0.29) is 17.8 Å². The van der Waals surface area contributed by atoms with Crippen molar-refractivity contribution in [3.8, 4) is 0 Å². The molecule has 0 unspecified atom stereocenters. The number of hydrogen-bond donors (Lipinski definition) is 1. The highest BCUT2D eigenvalue weighted by atomic mass is 16.5. The zero-order valence-corrected chi connectivity index (χ0v) is 11.6. The normalized spacial score (nSPS) is 12.0. The van der Waals surface area contributed by atoms with E-state index >= 15 is 0 Å². The van der Waals surface area contributed by atoms with Gasteiger partial charge in [0, 0.05) is 18.1 Å². The van der Waals surface area contributed by atoms with Gasteiger partial charge in [-0.3, -0.25) is 0 Å². The number of benzene rings is 1. The van der Waals surface area contributed by atoms with Crippen LogP contribution in [0.3, 0.4) is 0 Å². The van der Waals surface area contributed by atoms with Crippen molar-refractivity contribution in [2.45, 2.75) is 32.8 Å². The van der Waals surface area contributed by atoms with Gasteiger partial charge in [0.1, 0.15) is 5.58 Å². The molecule has 1 N–H and O–H groups in total. The summed E-state index contributed by atoms with van der Waals surface area (Å²) in [4.78, 5) is 11.2. The van der Waals surface area contributed by atoms with Crippen LogP contribution in [0, 0.1) is 0 Å². The van der Waals surface area contributed by atoms with Crippen molar-refractivity contribution in [1.29, 1.82) is 0 Å². The number of carboxylic acid groups (broad SMARTS) is 1. The van der Waals surface area contributed by atoms with E-state index in [0.29, 0.717) is 11.1 Å². The molecule has 1 aromatic carbocycles. The van der Waals surface area contributed by atoms with Crippen molar-refractivity contribution in [2.24, 2.45) is 0 Å². The Balaban J connectivity index is 2.69. The average Bonchev–Trinajstić information content (AvgIpc) is 2.67. The third-order valence-electron chi connectivity index (χ3n) is 3.14. The smallest absolute Gasteiger partial charge is 0.372 e. The van der Waals surface area contributed by atoms with Gasteiger partial charge in [-0.2, -0.15) is 0 Å². The van der Waals surface area contributed by atoms with Gasteiger partial charge >= 0.3 is 5.97 Å². The molecule has 0 aliphatic rings. The predicted octanol–water partition coefficient (Wildman–Crippen LogP) is 3.57. The lowest BCUT2D eigenvalue weighted by Gasteiger charge is -2.18. The van der Waals surface area contributed by atoms with Crippen LogP contribution in [0.2, 0.25) is 0 Å². The van der Waals surface area contributed by atoms with Gasteiger partial charge in [-0.05, 0) is 23.1 Å². The number of aromatic carboxylic acids is 1. The van der Waals surface area contributed by atoms with Crippen molar-refractivity contribution < 1.29 is 19.1 Å². The summed E-state index contributed by atoms with van der Waals surface area (Å²) in [6, 6.07) is 5.77. The molecule has 4 nitrogen and oxygen atoms in total. The molecule has 0 radical (unpaired) electrons. The Morgan fingerprint density at radius 3 is 2.58 bits per heavy atom. The van der Waals surface area contributed by atoms with Crippen molar-refractivity contribution in [1.82, 2.24) is 0 Å². The molecule has 0 atom stereocenters. The van der Waals surface area contributed by atoms with E-state index in [2.05, 4.69) is 20.8 Å². The maximum atomic E-state index is 11.2. The van der Waals surface area contributed by atoms with Crippen LogP contribution >= 0.6 is 0 Å². The van der Waals surface area contributed by atoms with Crippen LogP contribution in [-0.4, -0.2) is 18.2 Å². The SMILES string of the molecule is COCc1c(C(=O)O)oc2ccc(C(C)(C)C)cc12. The Labute approximate surface area is 112 Å². The van der Waals surface area contributed by atoms with Gasteiger partial charge in [0.25, 0.3) is 0 Å². The van der Waals surface area contributed by atoms with Gasteiger partial charge in [0.05, 0.1) is 6.61 Å². The monoisotopic (exact) mass is 262 g/mol. The van der Waals surface area contributed by atoms with Gasteiger partial charge in [0.2, 0.25) is 5.76 Å². The van der Waals surface area contributed by atoms with Gasteiger partial charge in [-0.1, -0.05) is 26.8 Å². The molecule has 4 heteroatoms. The Morgan fingerprint density at radius 1 is 1.37 bits per heavy atom. The fourth-order valence-corrected chi connectivity index (χ4v) is 2.08. The first-order valence-electron chi connectivity index (χ1n) is 6.12. The maximum Gasteiger partial charge on any atom is 0.372 e. The van der Waals surface area contributed by atoms with Gasteiger partial charge in [0.15, 0.2) is 0 Å². The second-order valence-electron chi connectivity index (χ2n) is 5.61. The molecule has 1 aromatic heterocycles. The third-order valence-corrected chi connectivity index (χ3v) is 3.14. The van der Waals surface area contributed by atoms with Crippen LogP contribution in [0.5, 0.6) is 0 Å². The Bertz CT molecular complexity index is 617. The minimum Gasteiger partial charge on any atom is -0.475 e. The zero-order valence-electron chi connectivity index (χ0n) is 11.6. The van der Waals surface area contributed by atoms with Crippen LogP contribution in [0.15, 0.2) is 22.6 Å². The number of carboxylic acids is 1. The highest BCUT2D eigenvalue weighted by molar-refractivity contribution is 5.95. The number of fused-ring (bicyclic) bond motifs is 1. The summed E-state index contributed by atoms with van der Waals surface area (Å²) in [6.07, 6.45) is 0. The molecule has 2 aromatic rings. The minimum absolute atomic E-state index is 0.000805. The first-order valence-corrected chi connectivity index (χ1v) is 6.12. The highest BCUT2D eigenvalue weighted by Crippen LogP contribution is 2.31. The lowest BCUT2D eigenvalue weighted by Crippen LogP contribution is -2.10. The number of furan rings is 1. The van der Waals surface area contributed by atoms with E-state index in [1.54, 1.807) is 0 Å². The fourth-order valence-electron chi connectivity index (χ4n) is 2.08. The molecule has 0 amide bonds. The summed E-state index contributed by atoms with van der Waals surface area (Å²) in [5, 5.41) is 9.98. The van der Waals surface area contributed by atoms with Crippen LogP contribution in [-0.2, 0) is 16.8 Å². The lowest BCUT2D eigenvalue weighted by atomic mass is 9.86. The molecule has 1 heterocycles. The first kappa shape index (κ1) is 13.6. The summed E-state index contributed by atoms with van der Waals surface area (Å²) in [5.41, 5.74) is 2.31. The Hall–Kier alpha value is -1.81. The molecule has 19 heavy (non-hydrogen) atoms. The Morgan fingerprint density at radius 2 is 2.05 bits per heavy atom. The first-order chi connectivity index (χ1) is 8.84. The molecule has 0 spiro atoms. The lowest BCUT2D eigenvalue weighted by molar-refractivity contribution is 0.0658. The van der Waals surface area contributed by atoms with E-state index < -0.39 is 5.97 Å². The van der Waals surface area contributed by atoms with Crippen LogP contribution in [0.4, 0.5) is 0 Å². The molecule has 2 rings (SSSR count). The maximum absolute atomic E-state index is 11.2. The van der Waals surface area contributed by atoms with E-state index in [0.717, 1.165) is 10.9 Å². The van der Waals surface area contributed by atoms with Crippen molar-refractivity contribution in [3.05, 3.63) is 35.1 Å². The van der Waals surface area contributed by atoms with E-state index in [9.17, 15) is 9.90 Å². The molecular weight excluding hydrogens is 244 g/mol. The summed E-state index contributed by atoms with van der Waals surface area (Å²) in [6.45, 7) is 6.56. The molecule has 102 valence electrons. The van der Waals surface area contributed by atoms with Crippen molar-refractivity contribution >= 4 is 16.9 Å². The minimum atomic E-state index is -1.07. The number of methoxy groups -OCH3 is 1. The molecule has 0 aliphatic heterocycles. The van der Waals surface area contributed by atoms with Crippen molar-refractivity contribution in [3.63, 3.8) is 0 Å². The Kier molecular flexibility index (Phi) is 3.37. The number of rotatable bonds is 3. The third kappa shape index (κ3) is 2.49. The van der Waals surface area contributed by atoms with E-state index in [1.165, 1.54) is 7.11 Å². The molecule has 0 bridgehead atoms. The summed E-state index contributed by atoms with van der Waals surface area (Å²) in [5.74, 6) is -1.11. The molecule has 0 saturated carbocycles. The quantitative estimate of drug-likeness (QED) is 0.918. The summed E-state index contributed by atoms with van der Waals surface area (Å²) in [7, 11) is 1.54. The van der Waals surface area contributed by atoms with Gasteiger partial charge in [-0.25, -0.2) is 4.79 Å². The highest BCUT2D eigenvalue weighted by Gasteiger charge is 2.22. The number of hydrogen-bond acceptors (Lipinski definition) is 3. The van der Waals surface area contributed by atoms with Crippen LogP contribution in [0.1, 0.15) is 42.5 Å². The summed E-state index contributed by atoms with van der Waals surface area (Å²) >= 11 is 0. The standard InChI is InChI=1S/C15H18O4/c1-15(2,3)9-5-6-12-10(7-9)11(8-18-4)13(19-12)14(16)17/h5-7H,8H2,1-4H3,(H,16,17). The molecule has 0 aliphatic carbocycles. The topological polar surface area (TPSA) is 59.7 Å².